The standard InChI is InChI=1S/C16H24N2O/c1-12-7-5-6-10-15(12)18-16(19)14(17)11-13-8-3-2-4-9-13/h2-4,8-9,12,14-15H,5-7,10-11,17H2,1H3,(H,18,19). The summed E-state index contributed by atoms with van der Waals surface area (Å²) in [6.45, 7) is 2.22. The van der Waals surface area contributed by atoms with E-state index in [2.05, 4.69) is 12.2 Å². The van der Waals surface area contributed by atoms with Gasteiger partial charge in [0.25, 0.3) is 0 Å². The van der Waals surface area contributed by atoms with Gasteiger partial charge in [0.1, 0.15) is 0 Å². The maximum atomic E-state index is 12.1. The van der Waals surface area contributed by atoms with E-state index in [1.54, 1.807) is 0 Å². The summed E-state index contributed by atoms with van der Waals surface area (Å²) in [7, 11) is 0. The zero-order chi connectivity index (χ0) is 13.7. The molecule has 1 aromatic carbocycles. The summed E-state index contributed by atoms with van der Waals surface area (Å²) in [5.74, 6) is 0.559. The van der Waals surface area contributed by atoms with Crippen molar-refractivity contribution in [2.24, 2.45) is 11.7 Å². The maximum absolute atomic E-state index is 12.1. The second-order valence-corrected chi connectivity index (χ2v) is 5.67. The average Bonchev–Trinajstić information content (AvgIpc) is 2.42. The highest BCUT2D eigenvalue weighted by molar-refractivity contribution is 5.82. The molecule has 3 nitrogen and oxygen atoms in total. The van der Waals surface area contributed by atoms with Crippen molar-refractivity contribution < 1.29 is 4.79 Å². The van der Waals surface area contributed by atoms with Gasteiger partial charge in [-0.1, -0.05) is 50.1 Å². The lowest BCUT2D eigenvalue weighted by Gasteiger charge is -2.30. The largest absolute Gasteiger partial charge is 0.352 e. The van der Waals surface area contributed by atoms with E-state index < -0.39 is 6.04 Å². The van der Waals surface area contributed by atoms with Gasteiger partial charge < -0.3 is 11.1 Å². The molecule has 104 valence electrons. The fourth-order valence-corrected chi connectivity index (χ4v) is 2.78. The topological polar surface area (TPSA) is 55.1 Å². The maximum Gasteiger partial charge on any atom is 0.237 e. The third kappa shape index (κ3) is 4.06. The third-order valence-corrected chi connectivity index (χ3v) is 4.07. The molecular weight excluding hydrogens is 236 g/mol. The molecule has 0 saturated heterocycles. The zero-order valence-corrected chi connectivity index (χ0v) is 11.6. The first kappa shape index (κ1) is 14.1. The van der Waals surface area contributed by atoms with Crippen LogP contribution in [0.2, 0.25) is 0 Å². The highest BCUT2D eigenvalue weighted by Gasteiger charge is 2.24. The summed E-state index contributed by atoms with van der Waals surface area (Å²) in [6, 6.07) is 9.80. The molecule has 0 bridgehead atoms. The minimum Gasteiger partial charge on any atom is -0.352 e. The number of hydrogen-bond donors (Lipinski definition) is 2. The van der Waals surface area contributed by atoms with Gasteiger partial charge >= 0.3 is 0 Å². The molecule has 3 atom stereocenters. The van der Waals surface area contributed by atoms with Crippen molar-refractivity contribution in [3.05, 3.63) is 35.9 Å². The van der Waals surface area contributed by atoms with Gasteiger partial charge in [-0.25, -0.2) is 0 Å². The Hall–Kier alpha value is -1.35. The molecule has 1 aromatic rings. The molecule has 0 aromatic heterocycles. The quantitative estimate of drug-likeness (QED) is 0.872. The molecule has 0 aliphatic heterocycles. The number of benzene rings is 1. The van der Waals surface area contributed by atoms with Gasteiger partial charge in [0.2, 0.25) is 5.91 Å². The summed E-state index contributed by atoms with van der Waals surface area (Å²) in [6.07, 6.45) is 5.39. The predicted octanol–water partition coefficient (Wildman–Crippen LogP) is 2.25. The van der Waals surface area contributed by atoms with Crippen LogP contribution in [-0.2, 0) is 11.2 Å². The van der Waals surface area contributed by atoms with Crippen LogP contribution in [0, 0.1) is 5.92 Å². The first-order valence-corrected chi connectivity index (χ1v) is 7.26. The number of amides is 1. The molecule has 3 heteroatoms. The Morgan fingerprint density at radius 1 is 1.32 bits per heavy atom. The molecule has 0 radical (unpaired) electrons. The van der Waals surface area contributed by atoms with Crippen LogP contribution >= 0.6 is 0 Å². The lowest BCUT2D eigenvalue weighted by atomic mass is 9.86. The fraction of sp³-hybridized carbons (Fsp3) is 0.562. The Morgan fingerprint density at radius 3 is 2.68 bits per heavy atom. The summed E-state index contributed by atoms with van der Waals surface area (Å²) < 4.78 is 0. The summed E-state index contributed by atoms with van der Waals surface area (Å²) in [5.41, 5.74) is 7.11. The smallest absolute Gasteiger partial charge is 0.237 e. The summed E-state index contributed by atoms with van der Waals surface area (Å²) in [4.78, 5) is 12.1. The van der Waals surface area contributed by atoms with E-state index in [1.165, 1.54) is 19.3 Å². The van der Waals surface area contributed by atoms with E-state index in [0.717, 1.165) is 12.0 Å². The van der Waals surface area contributed by atoms with Crippen molar-refractivity contribution in [3.63, 3.8) is 0 Å². The number of nitrogens with two attached hydrogens (primary N) is 1. The highest BCUT2D eigenvalue weighted by Crippen LogP contribution is 2.23. The van der Waals surface area contributed by atoms with Crippen LogP contribution < -0.4 is 11.1 Å². The van der Waals surface area contributed by atoms with Crippen molar-refractivity contribution in [3.8, 4) is 0 Å². The van der Waals surface area contributed by atoms with Gasteiger partial charge in [-0.3, -0.25) is 4.79 Å². The van der Waals surface area contributed by atoms with E-state index in [-0.39, 0.29) is 5.91 Å². The van der Waals surface area contributed by atoms with E-state index in [9.17, 15) is 4.79 Å². The third-order valence-electron chi connectivity index (χ3n) is 4.07. The molecular formula is C16H24N2O. The van der Waals surface area contributed by atoms with E-state index in [0.29, 0.717) is 18.4 Å². The van der Waals surface area contributed by atoms with E-state index in [1.807, 2.05) is 30.3 Å². The van der Waals surface area contributed by atoms with E-state index in [4.69, 9.17) is 5.73 Å². The van der Waals surface area contributed by atoms with Gasteiger partial charge in [0.15, 0.2) is 0 Å². The molecule has 3 N–H and O–H groups in total. The number of hydrogen-bond acceptors (Lipinski definition) is 2. The molecule has 1 amide bonds. The van der Waals surface area contributed by atoms with Crippen LogP contribution in [0.1, 0.15) is 38.2 Å². The number of nitrogens with one attached hydrogen (secondary N) is 1. The van der Waals surface area contributed by atoms with Crippen molar-refractivity contribution >= 4 is 5.91 Å². The lowest BCUT2D eigenvalue weighted by molar-refractivity contribution is -0.123. The van der Waals surface area contributed by atoms with Gasteiger partial charge in [-0.2, -0.15) is 0 Å². The predicted molar refractivity (Wildman–Crippen MR) is 77.7 cm³/mol. The molecule has 1 fully saturated rings. The second-order valence-electron chi connectivity index (χ2n) is 5.67. The van der Waals surface area contributed by atoms with Crippen LogP contribution in [0.25, 0.3) is 0 Å². The summed E-state index contributed by atoms with van der Waals surface area (Å²) in [5, 5.41) is 3.12. The SMILES string of the molecule is CC1CCCCC1NC(=O)C(N)Cc1ccccc1. The van der Waals surface area contributed by atoms with Crippen molar-refractivity contribution in [2.45, 2.75) is 51.1 Å². The van der Waals surface area contributed by atoms with Crippen LogP contribution in [0.3, 0.4) is 0 Å². The average molecular weight is 260 g/mol. The summed E-state index contributed by atoms with van der Waals surface area (Å²) >= 11 is 0. The number of carbonyl (C=O) groups is 1. The fourth-order valence-electron chi connectivity index (χ4n) is 2.78. The number of rotatable bonds is 4. The normalized spacial score (nSPS) is 24.7. The Labute approximate surface area is 115 Å². The Kier molecular flexibility index (Phi) is 4.97. The van der Waals surface area contributed by atoms with Crippen LogP contribution in [0.5, 0.6) is 0 Å². The van der Waals surface area contributed by atoms with Crippen LogP contribution in [-0.4, -0.2) is 18.0 Å². The van der Waals surface area contributed by atoms with Gasteiger partial charge in [0.05, 0.1) is 6.04 Å². The van der Waals surface area contributed by atoms with E-state index >= 15 is 0 Å². The molecule has 0 spiro atoms. The van der Waals surface area contributed by atoms with Gasteiger partial charge in [-0.05, 0) is 30.7 Å². The first-order chi connectivity index (χ1) is 9.16. The molecule has 2 rings (SSSR count). The first-order valence-electron chi connectivity index (χ1n) is 7.26. The monoisotopic (exact) mass is 260 g/mol. The minimum absolute atomic E-state index is 0.0115. The minimum atomic E-state index is -0.448. The van der Waals surface area contributed by atoms with Crippen molar-refractivity contribution in [1.82, 2.24) is 5.32 Å². The van der Waals surface area contributed by atoms with Crippen molar-refractivity contribution in [2.75, 3.05) is 0 Å². The molecule has 1 aliphatic carbocycles. The lowest BCUT2D eigenvalue weighted by Crippen LogP contribution is -2.49. The van der Waals surface area contributed by atoms with Gasteiger partial charge in [0, 0.05) is 6.04 Å². The van der Waals surface area contributed by atoms with Crippen LogP contribution in [0.15, 0.2) is 30.3 Å². The Bertz CT molecular complexity index is 404. The second kappa shape index (κ2) is 6.71. The molecule has 3 unspecified atom stereocenters. The number of carbonyl (C=O) groups excluding carboxylic acids is 1. The molecule has 1 aliphatic rings. The molecule has 0 heterocycles. The Morgan fingerprint density at radius 2 is 2.00 bits per heavy atom. The Balaban J connectivity index is 1.85. The molecule has 19 heavy (non-hydrogen) atoms. The van der Waals surface area contributed by atoms with Crippen molar-refractivity contribution in [1.29, 1.82) is 0 Å². The zero-order valence-electron chi connectivity index (χ0n) is 11.6. The van der Waals surface area contributed by atoms with Crippen LogP contribution in [0.4, 0.5) is 0 Å². The highest BCUT2D eigenvalue weighted by atomic mass is 16.2. The molecule has 1 saturated carbocycles. The van der Waals surface area contributed by atoms with Gasteiger partial charge in [-0.15, -0.1) is 0 Å².